The van der Waals surface area contributed by atoms with E-state index in [1.807, 2.05) is 30.3 Å². The summed E-state index contributed by atoms with van der Waals surface area (Å²) in [7, 11) is 0. The first kappa shape index (κ1) is 18.4. The summed E-state index contributed by atoms with van der Waals surface area (Å²) >= 11 is 8.45. The maximum atomic E-state index is 12.2. The summed E-state index contributed by atoms with van der Waals surface area (Å²) in [4.78, 5) is 24.1. The van der Waals surface area contributed by atoms with Crippen LogP contribution in [0.4, 0.5) is 10.8 Å². The van der Waals surface area contributed by atoms with Crippen molar-refractivity contribution < 1.29 is 9.59 Å². The first-order valence-corrected chi connectivity index (χ1v) is 9.67. The second-order valence-electron chi connectivity index (χ2n) is 5.01. The first-order chi connectivity index (χ1) is 12.6. The van der Waals surface area contributed by atoms with E-state index in [-0.39, 0.29) is 17.6 Å². The standard InChI is InChI=1S/C17H13ClN4O2S2/c18-13-9-5-4-8-12(13)15(24)20-16-21-22-17(26-16)25-10-14(23)19-11-6-2-1-3-7-11/h1-9H,10H2,(H,19,23)(H,20,21,24). The summed E-state index contributed by atoms with van der Waals surface area (Å²) in [5.41, 5.74) is 1.10. The molecule has 0 aliphatic carbocycles. The zero-order valence-electron chi connectivity index (χ0n) is 13.3. The van der Waals surface area contributed by atoms with Gasteiger partial charge in [-0.15, -0.1) is 10.2 Å². The number of para-hydroxylation sites is 1. The molecule has 0 atom stereocenters. The van der Waals surface area contributed by atoms with Crippen LogP contribution in [-0.4, -0.2) is 27.8 Å². The van der Waals surface area contributed by atoms with E-state index in [4.69, 9.17) is 11.6 Å². The van der Waals surface area contributed by atoms with Crippen molar-refractivity contribution in [3.8, 4) is 0 Å². The third kappa shape index (κ3) is 5.04. The number of nitrogens with zero attached hydrogens (tertiary/aromatic N) is 2. The van der Waals surface area contributed by atoms with Crippen LogP contribution in [0.15, 0.2) is 58.9 Å². The number of nitrogens with one attached hydrogen (secondary N) is 2. The van der Waals surface area contributed by atoms with Gasteiger partial charge in [0, 0.05) is 5.69 Å². The molecule has 0 saturated carbocycles. The number of rotatable bonds is 6. The lowest BCUT2D eigenvalue weighted by Gasteiger charge is -2.03. The Hall–Kier alpha value is -2.42. The quantitative estimate of drug-likeness (QED) is 0.475. The Morgan fingerprint density at radius 2 is 1.73 bits per heavy atom. The van der Waals surface area contributed by atoms with Crippen molar-refractivity contribution in [3.05, 3.63) is 65.2 Å². The van der Waals surface area contributed by atoms with Crippen LogP contribution < -0.4 is 10.6 Å². The molecule has 0 radical (unpaired) electrons. The monoisotopic (exact) mass is 404 g/mol. The smallest absolute Gasteiger partial charge is 0.259 e. The minimum Gasteiger partial charge on any atom is -0.325 e. The van der Waals surface area contributed by atoms with Crippen LogP contribution in [0.2, 0.25) is 5.02 Å². The van der Waals surface area contributed by atoms with Gasteiger partial charge in [0.1, 0.15) is 0 Å². The van der Waals surface area contributed by atoms with E-state index in [1.165, 1.54) is 23.1 Å². The molecule has 0 unspecified atom stereocenters. The molecule has 132 valence electrons. The molecular formula is C17H13ClN4O2S2. The zero-order chi connectivity index (χ0) is 18.4. The van der Waals surface area contributed by atoms with Crippen LogP contribution in [0.1, 0.15) is 10.4 Å². The lowest BCUT2D eigenvalue weighted by molar-refractivity contribution is -0.113. The molecule has 3 aromatic rings. The van der Waals surface area contributed by atoms with Gasteiger partial charge in [-0.25, -0.2) is 0 Å². The van der Waals surface area contributed by atoms with E-state index in [2.05, 4.69) is 20.8 Å². The largest absolute Gasteiger partial charge is 0.325 e. The number of benzene rings is 2. The van der Waals surface area contributed by atoms with Gasteiger partial charge in [0.25, 0.3) is 5.91 Å². The Morgan fingerprint density at radius 3 is 2.50 bits per heavy atom. The third-order valence-electron chi connectivity index (χ3n) is 3.13. The molecule has 1 aromatic heterocycles. The van der Waals surface area contributed by atoms with Crippen LogP contribution in [0.5, 0.6) is 0 Å². The van der Waals surface area contributed by atoms with Gasteiger partial charge in [0.05, 0.1) is 16.3 Å². The van der Waals surface area contributed by atoms with Crippen molar-refractivity contribution in [2.75, 3.05) is 16.4 Å². The molecule has 0 fully saturated rings. The molecule has 26 heavy (non-hydrogen) atoms. The highest BCUT2D eigenvalue weighted by atomic mass is 35.5. The van der Waals surface area contributed by atoms with Crippen LogP contribution in [0.25, 0.3) is 0 Å². The Balaban J connectivity index is 1.52. The fourth-order valence-electron chi connectivity index (χ4n) is 1.97. The van der Waals surface area contributed by atoms with Gasteiger partial charge in [-0.1, -0.05) is 65.0 Å². The molecule has 2 N–H and O–H groups in total. The number of hydrogen-bond acceptors (Lipinski definition) is 6. The first-order valence-electron chi connectivity index (χ1n) is 7.49. The van der Waals surface area contributed by atoms with E-state index in [9.17, 15) is 9.59 Å². The highest BCUT2D eigenvalue weighted by molar-refractivity contribution is 8.01. The number of thioether (sulfide) groups is 1. The lowest BCUT2D eigenvalue weighted by Crippen LogP contribution is -2.13. The fourth-order valence-corrected chi connectivity index (χ4v) is 3.74. The summed E-state index contributed by atoms with van der Waals surface area (Å²) in [6, 6.07) is 16.0. The summed E-state index contributed by atoms with van der Waals surface area (Å²) in [6.07, 6.45) is 0. The Bertz CT molecular complexity index is 918. The molecule has 9 heteroatoms. The van der Waals surface area contributed by atoms with E-state index < -0.39 is 0 Å². The lowest BCUT2D eigenvalue weighted by atomic mass is 10.2. The molecule has 0 aliphatic heterocycles. The third-order valence-corrected chi connectivity index (χ3v) is 5.43. The normalized spacial score (nSPS) is 10.3. The molecular weight excluding hydrogens is 392 g/mol. The molecule has 0 saturated heterocycles. The van der Waals surface area contributed by atoms with Crippen LogP contribution in [-0.2, 0) is 4.79 Å². The van der Waals surface area contributed by atoms with Gasteiger partial charge in [-0.2, -0.15) is 0 Å². The molecule has 3 rings (SSSR count). The minimum absolute atomic E-state index is 0.141. The van der Waals surface area contributed by atoms with Gasteiger partial charge in [-0.3, -0.25) is 14.9 Å². The second kappa shape index (κ2) is 8.79. The van der Waals surface area contributed by atoms with Gasteiger partial charge < -0.3 is 5.32 Å². The Labute approximate surface area is 163 Å². The van der Waals surface area contributed by atoms with E-state index in [0.717, 1.165) is 5.69 Å². The maximum absolute atomic E-state index is 12.2. The summed E-state index contributed by atoms with van der Waals surface area (Å²) in [6.45, 7) is 0. The number of carbonyl (C=O) groups is 2. The molecule has 0 aliphatic rings. The summed E-state index contributed by atoms with van der Waals surface area (Å²) in [5.74, 6) is -0.301. The number of hydrogen-bond donors (Lipinski definition) is 2. The maximum Gasteiger partial charge on any atom is 0.259 e. The summed E-state index contributed by atoms with van der Waals surface area (Å²) < 4.78 is 0.586. The zero-order valence-corrected chi connectivity index (χ0v) is 15.7. The minimum atomic E-state index is -0.356. The van der Waals surface area contributed by atoms with Gasteiger partial charge in [0.15, 0.2) is 4.34 Å². The van der Waals surface area contributed by atoms with Gasteiger partial charge in [0.2, 0.25) is 11.0 Å². The van der Waals surface area contributed by atoms with Crippen LogP contribution >= 0.6 is 34.7 Å². The SMILES string of the molecule is O=C(CSc1nnc(NC(=O)c2ccccc2Cl)s1)Nc1ccccc1. The van der Waals surface area contributed by atoms with Crippen molar-refractivity contribution >= 4 is 57.3 Å². The molecule has 1 heterocycles. The molecule has 0 spiro atoms. The van der Waals surface area contributed by atoms with Crippen LogP contribution in [0, 0.1) is 0 Å². The number of anilines is 2. The predicted octanol–water partition coefficient (Wildman–Crippen LogP) is 4.17. The van der Waals surface area contributed by atoms with Crippen molar-refractivity contribution in [2.45, 2.75) is 4.34 Å². The van der Waals surface area contributed by atoms with Gasteiger partial charge >= 0.3 is 0 Å². The molecule has 6 nitrogen and oxygen atoms in total. The average molecular weight is 405 g/mol. The van der Waals surface area contributed by atoms with E-state index in [1.54, 1.807) is 24.3 Å². The molecule has 0 bridgehead atoms. The van der Waals surface area contributed by atoms with Crippen molar-refractivity contribution in [3.63, 3.8) is 0 Å². The molecule has 2 aromatic carbocycles. The van der Waals surface area contributed by atoms with E-state index in [0.29, 0.717) is 20.1 Å². The number of amides is 2. The topological polar surface area (TPSA) is 84.0 Å². The molecule has 2 amide bonds. The average Bonchev–Trinajstić information content (AvgIpc) is 3.08. The highest BCUT2D eigenvalue weighted by Crippen LogP contribution is 2.26. The number of halogens is 1. The van der Waals surface area contributed by atoms with Crippen molar-refractivity contribution in [1.29, 1.82) is 0 Å². The second-order valence-corrected chi connectivity index (χ2v) is 7.62. The van der Waals surface area contributed by atoms with Crippen molar-refractivity contribution in [1.82, 2.24) is 10.2 Å². The Morgan fingerprint density at radius 1 is 1.00 bits per heavy atom. The van der Waals surface area contributed by atoms with Gasteiger partial charge in [-0.05, 0) is 24.3 Å². The number of aromatic nitrogens is 2. The Kier molecular flexibility index (Phi) is 6.21. The highest BCUT2D eigenvalue weighted by Gasteiger charge is 2.13. The fraction of sp³-hybridized carbons (Fsp3) is 0.0588. The number of carbonyl (C=O) groups excluding carboxylic acids is 2. The van der Waals surface area contributed by atoms with Crippen LogP contribution in [0.3, 0.4) is 0 Å². The van der Waals surface area contributed by atoms with E-state index >= 15 is 0 Å². The van der Waals surface area contributed by atoms with Crippen molar-refractivity contribution in [2.24, 2.45) is 0 Å². The summed E-state index contributed by atoms with van der Waals surface area (Å²) in [5, 5.41) is 14.0. The predicted molar refractivity (Wildman–Crippen MR) is 105 cm³/mol.